The fourth-order valence-electron chi connectivity index (χ4n) is 2.59. The van der Waals surface area contributed by atoms with Crippen LogP contribution in [-0.4, -0.2) is 16.5 Å². The van der Waals surface area contributed by atoms with Gasteiger partial charge in [-0.2, -0.15) is 0 Å². The number of carbonyl (C=O) groups is 1. The molecule has 4 rings (SSSR count). The highest BCUT2D eigenvalue weighted by atomic mass is 79.9. The molecule has 0 radical (unpaired) electrons. The Labute approximate surface area is 141 Å². The van der Waals surface area contributed by atoms with Gasteiger partial charge in [-0.15, -0.1) is 11.3 Å². The molecule has 0 atom stereocenters. The Bertz CT molecular complexity index is 830. The van der Waals surface area contributed by atoms with Gasteiger partial charge in [0.05, 0.1) is 10.2 Å². The first-order chi connectivity index (χ1) is 10.7. The monoisotopic (exact) mass is 374 g/mol. The van der Waals surface area contributed by atoms with Crippen molar-refractivity contribution in [2.75, 3.05) is 0 Å². The molecule has 0 bridgehead atoms. The molecule has 0 unspecified atom stereocenters. The summed E-state index contributed by atoms with van der Waals surface area (Å²) in [6, 6.07) is 12.7. The smallest absolute Gasteiger partial charge is 0.268 e. The summed E-state index contributed by atoms with van der Waals surface area (Å²) in [5.74, 6) is 0.0445. The zero-order valence-electron chi connectivity index (χ0n) is 11.9. The lowest BCUT2D eigenvalue weighted by molar-refractivity contribution is 0.0942. The maximum absolute atomic E-state index is 12.5. The van der Waals surface area contributed by atoms with Crippen LogP contribution in [0, 0.1) is 0 Å². The summed E-state index contributed by atoms with van der Waals surface area (Å²) in [6.07, 6.45) is 2.21. The van der Waals surface area contributed by atoms with Crippen molar-refractivity contribution < 1.29 is 4.79 Å². The van der Waals surface area contributed by atoms with Crippen LogP contribution >= 0.6 is 27.3 Å². The van der Waals surface area contributed by atoms with Crippen LogP contribution in [0.3, 0.4) is 0 Å². The van der Waals surface area contributed by atoms with E-state index in [9.17, 15) is 4.79 Å². The molecule has 0 saturated heterocycles. The maximum atomic E-state index is 12.5. The van der Waals surface area contributed by atoms with E-state index in [1.807, 2.05) is 18.2 Å². The van der Waals surface area contributed by atoms with Crippen molar-refractivity contribution in [1.29, 1.82) is 0 Å². The molecule has 22 heavy (non-hydrogen) atoms. The van der Waals surface area contributed by atoms with Crippen LogP contribution in [-0.2, 0) is 6.54 Å². The molecule has 0 aliphatic heterocycles. The largest absolute Gasteiger partial charge is 0.348 e. The van der Waals surface area contributed by atoms with E-state index in [0.29, 0.717) is 12.6 Å². The second-order valence-corrected chi connectivity index (χ2v) is 7.52. The summed E-state index contributed by atoms with van der Waals surface area (Å²) in [5.41, 5.74) is 3.08. The van der Waals surface area contributed by atoms with E-state index in [0.717, 1.165) is 33.2 Å². The number of benzene rings is 1. The Hall–Kier alpha value is -1.59. The van der Waals surface area contributed by atoms with Crippen LogP contribution in [0.5, 0.6) is 0 Å². The number of carbonyl (C=O) groups excluding carboxylic acids is 1. The molecule has 2 heterocycles. The quantitative estimate of drug-likeness (QED) is 0.720. The Morgan fingerprint density at radius 1 is 1.27 bits per heavy atom. The minimum absolute atomic E-state index is 0.0445. The van der Waals surface area contributed by atoms with Gasteiger partial charge in [0.15, 0.2) is 0 Å². The van der Waals surface area contributed by atoms with E-state index in [2.05, 4.69) is 49.4 Å². The molecule has 1 N–H and O–H groups in total. The molecule has 1 saturated carbocycles. The van der Waals surface area contributed by atoms with E-state index >= 15 is 0 Å². The Balaban J connectivity index is 1.71. The number of nitrogens with zero attached hydrogens (tertiary/aromatic N) is 1. The number of rotatable bonds is 4. The molecule has 1 fully saturated rings. The van der Waals surface area contributed by atoms with Crippen molar-refractivity contribution in [3.8, 4) is 0 Å². The van der Waals surface area contributed by atoms with Crippen LogP contribution in [0.2, 0.25) is 0 Å². The molecular formula is C17H15BrN2OS. The number of aromatic nitrogens is 1. The standard InChI is InChI=1S/C17H15BrN2OS/c18-12-3-1-11(2-4-12)10-20-14-7-8-22-16(14)9-15(20)17(21)19-13-5-6-13/h1-4,7-9,13H,5-6,10H2,(H,19,21). The third-order valence-corrected chi connectivity index (χ3v) is 5.30. The van der Waals surface area contributed by atoms with Crippen molar-refractivity contribution in [1.82, 2.24) is 9.88 Å². The lowest BCUT2D eigenvalue weighted by atomic mass is 10.2. The van der Waals surface area contributed by atoms with Gasteiger partial charge in [0.25, 0.3) is 5.91 Å². The zero-order valence-corrected chi connectivity index (χ0v) is 14.3. The van der Waals surface area contributed by atoms with Crippen LogP contribution in [0.1, 0.15) is 28.9 Å². The fraction of sp³-hybridized carbons (Fsp3) is 0.235. The molecule has 5 heteroatoms. The Morgan fingerprint density at radius 3 is 2.77 bits per heavy atom. The molecular weight excluding hydrogens is 360 g/mol. The summed E-state index contributed by atoms with van der Waals surface area (Å²) in [7, 11) is 0. The number of hydrogen-bond acceptors (Lipinski definition) is 2. The van der Waals surface area contributed by atoms with Crippen LogP contribution < -0.4 is 5.32 Å². The Kier molecular flexibility index (Phi) is 3.54. The van der Waals surface area contributed by atoms with E-state index in [1.54, 1.807) is 11.3 Å². The van der Waals surface area contributed by atoms with Crippen molar-refractivity contribution in [3.63, 3.8) is 0 Å². The molecule has 1 aliphatic carbocycles. The van der Waals surface area contributed by atoms with Crippen LogP contribution in [0.25, 0.3) is 10.2 Å². The van der Waals surface area contributed by atoms with E-state index in [4.69, 9.17) is 0 Å². The summed E-state index contributed by atoms with van der Waals surface area (Å²) in [4.78, 5) is 12.5. The minimum atomic E-state index is 0.0445. The lowest BCUT2D eigenvalue weighted by Crippen LogP contribution is -2.27. The number of halogens is 1. The van der Waals surface area contributed by atoms with Gasteiger partial charge in [-0.1, -0.05) is 28.1 Å². The summed E-state index contributed by atoms with van der Waals surface area (Å²) >= 11 is 5.14. The fourth-order valence-corrected chi connectivity index (χ4v) is 3.68. The average molecular weight is 375 g/mol. The van der Waals surface area contributed by atoms with Gasteiger partial charge in [-0.25, -0.2) is 0 Å². The van der Waals surface area contributed by atoms with Gasteiger partial charge in [-0.05, 0) is 48.1 Å². The first kappa shape index (κ1) is 14.0. The van der Waals surface area contributed by atoms with Crippen LogP contribution in [0.15, 0.2) is 46.3 Å². The molecule has 2 aromatic heterocycles. The van der Waals surface area contributed by atoms with E-state index in [1.165, 1.54) is 5.56 Å². The van der Waals surface area contributed by atoms with Gasteiger partial charge >= 0.3 is 0 Å². The molecule has 1 amide bonds. The van der Waals surface area contributed by atoms with Crippen molar-refractivity contribution in [2.24, 2.45) is 0 Å². The third-order valence-electron chi connectivity index (χ3n) is 3.92. The highest BCUT2D eigenvalue weighted by Crippen LogP contribution is 2.27. The zero-order chi connectivity index (χ0) is 15.1. The number of thiophene rings is 1. The van der Waals surface area contributed by atoms with Gasteiger partial charge in [0.2, 0.25) is 0 Å². The molecule has 0 spiro atoms. The van der Waals surface area contributed by atoms with E-state index < -0.39 is 0 Å². The second kappa shape index (κ2) is 5.56. The molecule has 3 nitrogen and oxygen atoms in total. The van der Waals surface area contributed by atoms with Gasteiger partial charge in [-0.3, -0.25) is 4.79 Å². The predicted molar refractivity (Wildman–Crippen MR) is 93.5 cm³/mol. The van der Waals surface area contributed by atoms with Gasteiger partial charge in [0, 0.05) is 17.1 Å². The number of fused-ring (bicyclic) bond motifs is 1. The van der Waals surface area contributed by atoms with Crippen molar-refractivity contribution >= 4 is 43.4 Å². The van der Waals surface area contributed by atoms with Crippen molar-refractivity contribution in [2.45, 2.75) is 25.4 Å². The molecule has 1 aliphatic rings. The first-order valence-electron chi connectivity index (χ1n) is 7.33. The molecule has 3 aromatic rings. The normalized spacial score (nSPS) is 14.4. The topological polar surface area (TPSA) is 34.0 Å². The lowest BCUT2D eigenvalue weighted by Gasteiger charge is -2.11. The number of amides is 1. The third kappa shape index (κ3) is 2.71. The SMILES string of the molecule is O=C(NC1CC1)c1cc2sccc2n1Cc1ccc(Br)cc1. The molecule has 112 valence electrons. The summed E-state index contributed by atoms with van der Waals surface area (Å²) in [5, 5.41) is 5.17. The molecule has 1 aromatic carbocycles. The predicted octanol–water partition coefficient (Wildman–Crippen LogP) is 4.41. The minimum Gasteiger partial charge on any atom is -0.348 e. The van der Waals surface area contributed by atoms with Crippen molar-refractivity contribution in [3.05, 3.63) is 57.5 Å². The van der Waals surface area contributed by atoms with E-state index in [-0.39, 0.29) is 5.91 Å². The summed E-state index contributed by atoms with van der Waals surface area (Å²) in [6.45, 7) is 0.709. The maximum Gasteiger partial charge on any atom is 0.268 e. The number of hydrogen-bond donors (Lipinski definition) is 1. The van der Waals surface area contributed by atoms with Gasteiger partial charge < -0.3 is 9.88 Å². The second-order valence-electron chi connectivity index (χ2n) is 5.66. The van der Waals surface area contributed by atoms with Gasteiger partial charge in [0.1, 0.15) is 5.69 Å². The highest BCUT2D eigenvalue weighted by molar-refractivity contribution is 9.10. The Morgan fingerprint density at radius 2 is 2.05 bits per heavy atom. The first-order valence-corrected chi connectivity index (χ1v) is 9.00. The highest BCUT2D eigenvalue weighted by Gasteiger charge is 2.26. The average Bonchev–Trinajstić information content (AvgIpc) is 3.08. The summed E-state index contributed by atoms with van der Waals surface area (Å²) < 4.78 is 4.35. The number of nitrogens with one attached hydrogen (secondary N) is 1. The van der Waals surface area contributed by atoms with Crippen LogP contribution in [0.4, 0.5) is 0 Å².